The Bertz CT molecular complexity index is 1310. The Labute approximate surface area is 206 Å². The Morgan fingerprint density at radius 3 is 2.25 bits per heavy atom. The highest BCUT2D eigenvalue weighted by atomic mass is 19.1. The summed E-state index contributed by atoms with van der Waals surface area (Å²) in [7, 11) is 3.30. The summed E-state index contributed by atoms with van der Waals surface area (Å²) in [5, 5.41) is 14.1. The second-order valence-corrected chi connectivity index (χ2v) is 8.37. The van der Waals surface area contributed by atoms with Crippen LogP contribution in [0.5, 0.6) is 0 Å². The molecule has 0 heterocycles. The van der Waals surface area contributed by atoms with Gasteiger partial charge in [-0.2, -0.15) is 0 Å². The van der Waals surface area contributed by atoms with Gasteiger partial charge in [-0.3, -0.25) is 24.5 Å². The Balaban J connectivity index is 1.81. The van der Waals surface area contributed by atoms with E-state index in [2.05, 4.69) is 5.32 Å². The number of hydrogen-bond donors (Lipinski definition) is 2. The molecule has 0 radical (unpaired) electrons. The summed E-state index contributed by atoms with van der Waals surface area (Å²) in [6.45, 7) is -0.100. The number of hydrogen-bond acceptors (Lipinski definition) is 6. The molecule has 10 heteroatoms. The zero-order valence-electron chi connectivity index (χ0n) is 19.7. The number of nitro benzene ring substituents is 1. The summed E-state index contributed by atoms with van der Waals surface area (Å²) < 4.78 is 13.2. The predicted molar refractivity (Wildman–Crippen MR) is 132 cm³/mol. The predicted octanol–water partition coefficient (Wildman–Crippen LogP) is 3.10. The molecular formula is C26H25FN4O5. The maximum Gasteiger partial charge on any atom is 0.293 e. The van der Waals surface area contributed by atoms with Crippen LogP contribution in [0.15, 0.2) is 66.7 Å². The van der Waals surface area contributed by atoms with Gasteiger partial charge in [0.25, 0.3) is 11.6 Å². The van der Waals surface area contributed by atoms with Crippen LogP contribution in [0.4, 0.5) is 15.8 Å². The van der Waals surface area contributed by atoms with E-state index in [1.807, 2.05) is 0 Å². The molecule has 9 nitrogen and oxygen atoms in total. The van der Waals surface area contributed by atoms with Crippen molar-refractivity contribution in [3.63, 3.8) is 0 Å². The van der Waals surface area contributed by atoms with Crippen molar-refractivity contribution < 1.29 is 23.7 Å². The molecule has 0 saturated heterocycles. The molecule has 1 unspecified atom stereocenters. The smallest absolute Gasteiger partial charge is 0.293 e. The van der Waals surface area contributed by atoms with E-state index in [0.717, 1.165) is 0 Å². The van der Waals surface area contributed by atoms with Gasteiger partial charge < -0.3 is 16.0 Å². The van der Waals surface area contributed by atoms with Crippen molar-refractivity contribution in [3.05, 3.63) is 105 Å². The van der Waals surface area contributed by atoms with Gasteiger partial charge in [-0.1, -0.05) is 30.3 Å². The van der Waals surface area contributed by atoms with Crippen molar-refractivity contribution in [2.75, 3.05) is 25.5 Å². The van der Waals surface area contributed by atoms with E-state index >= 15 is 0 Å². The SMILES string of the molecule is CN(C)c1ccc(C(=O)c2ccccc2C(=O)NCC(Cc2ccc(F)cc2)C(N)=O)cc1[N+](=O)[O-]. The molecule has 3 rings (SSSR count). The standard InChI is InChI=1S/C26H25FN4O5/c1-30(2)22-12-9-17(14-23(22)31(35)36)24(32)20-5-3-4-6-21(20)26(34)29-15-18(25(28)33)13-16-7-10-19(27)11-8-16/h3-12,14,18H,13,15H2,1-2H3,(H2,28,33)(H,29,34). The molecule has 0 saturated carbocycles. The van der Waals surface area contributed by atoms with Gasteiger partial charge in [0.1, 0.15) is 11.5 Å². The number of nitro groups is 1. The van der Waals surface area contributed by atoms with Crippen molar-refractivity contribution in [1.82, 2.24) is 5.32 Å². The topological polar surface area (TPSA) is 136 Å². The molecule has 1 atom stereocenters. The fourth-order valence-corrected chi connectivity index (χ4v) is 3.71. The Kier molecular flexibility index (Phi) is 8.11. The van der Waals surface area contributed by atoms with Gasteiger partial charge in [-0.25, -0.2) is 4.39 Å². The number of amides is 2. The molecule has 186 valence electrons. The normalized spacial score (nSPS) is 11.4. The summed E-state index contributed by atoms with van der Waals surface area (Å²) in [5.41, 5.74) is 6.41. The van der Waals surface area contributed by atoms with Crippen molar-refractivity contribution in [2.45, 2.75) is 6.42 Å². The number of halogens is 1. The van der Waals surface area contributed by atoms with Crippen molar-refractivity contribution >= 4 is 29.0 Å². The van der Waals surface area contributed by atoms with Gasteiger partial charge in [0.15, 0.2) is 5.78 Å². The van der Waals surface area contributed by atoms with Gasteiger partial charge in [0, 0.05) is 37.8 Å². The summed E-state index contributed by atoms with van der Waals surface area (Å²) in [6, 6.07) is 15.8. The second kappa shape index (κ2) is 11.2. The molecule has 36 heavy (non-hydrogen) atoms. The first-order chi connectivity index (χ1) is 17.1. The zero-order valence-corrected chi connectivity index (χ0v) is 19.7. The molecule has 0 aromatic heterocycles. The molecule has 0 aliphatic carbocycles. The number of carbonyl (C=O) groups is 3. The third-order valence-electron chi connectivity index (χ3n) is 5.64. The number of primary amides is 1. The maximum absolute atomic E-state index is 13.2. The third-order valence-corrected chi connectivity index (χ3v) is 5.64. The van der Waals surface area contributed by atoms with Crippen LogP contribution < -0.4 is 16.0 Å². The van der Waals surface area contributed by atoms with Crippen molar-refractivity contribution in [2.24, 2.45) is 11.7 Å². The van der Waals surface area contributed by atoms with Gasteiger partial charge in [0.05, 0.1) is 16.4 Å². The van der Waals surface area contributed by atoms with E-state index in [-0.39, 0.29) is 35.3 Å². The first-order valence-corrected chi connectivity index (χ1v) is 11.0. The van der Waals surface area contributed by atoms with Crippen LogP contribution >= 0.6 is 0 Å². The van der Waals surface area contributed by atoms with Gasteiger partial charge >= 0.3 is 0 Å². The number of carbonyl (C=O) groups excluding carboxylic acids is 3. The highest BCUT2D eigenvalue weighted by Gasteiger charge is 2.24. The highest BCUT2D eigenvalue weighted by Crippen LogP contribution is 2.29. The van der Waals surface area contributed by atoms with E-state index in [1.54, 1.807) is 31.1 Å². The lowest BCUT2D eigenvalue weighted by Gasteiger charge is -2.16. The Hall–Kier alpha value is -4.60. The second-order valence-electron chi connectivity index (χ2n) is 8.37. The lowest BCUT2D eigenvalue weighted by Crippen LogP contribution is -2.37. The van der Waals surface area contributed by atoms with Gasteiger partial charge in [-0.05, 0) is 42.3 Å². The van der Waals surface area contributed by atoms with E-state index in [4.69, 9.17) is 5.73 Å². The fraction of sp³-hybridized carbons (Fsp3) is 0.192. The number of nitrogens with zero attached hydrogens (tertiary/aromatic N) is 2. The van der Waals surface area contributed by atoms with E-state index in [1.165, 1.54) is 54.6 Å². The average Bonchev–Trinajstić information content (AvgIpc) is 2.86. The quantitative estimate of drug-likeness (QED) is 0.254. The van der Waals surface area contributed by atoms with Gasteiger partial charge in [0.2, 0.25) is 5.91 Å². The number of ketones is 1. The van der Waals surface area contributed by atoms with Crippen LogP contribution in [0.1, 0.15) is 31.8 Å². The lowest BCUT2D eigenvalue weighted by atomic mass is 9.96. The number of nitrogens with two attached hydrogens (primary N) is 1. The van der Waals surface area contributed by atoms with E-state index < -0.39 is 34.3 Å². The molecule has 3 aromatic carbocycles. The molecule has 3 N–H and O–H groups in total. The first kappa shape index (κ1) is 26.0. The van der Waals surface area contributed by atoms with Crippen LogP contribution in [0.2, 0.25) is 0 Å². The summed E-state index contributed by atoms with van der Waals surface area (Å²) in [5.74, 6) is -2.98. The fourth-order valence-electron chi connectivity index (χ4n) is 3.71. The van der Waals surface area contributed by atoms with Crippen LogP contribution in [0, 0.1) is 21.8 Å². The highest BCUT2D eigenvalue weighted by molar-refractivity contribution is 6.15. The van der Waals surface area contributed by atoms with Crippen LogP contribution in [-0.4, -0.2) is 43.2 Å². The molecule has 3 aromatic rings. The monoisotopic (exact) mass is 492 g/mol. The molecule has 0 aliphatic rings. The summed E-state index contributed by atoms with van der Waals surface area (Å²) in [6.07, 6.45) is 0.193. The van der Waals surface area contributed by atoms with E-state index in [0.29, 0.717) is 11.3 Å². The first-order valence-electron chi connectivity index (χ1n) is 11.0. The number of nitrogens with one attached hydrogen (secondary N) is 1. The largest absolute Gasteiger partial charge is 0.372 e. The molecule has 0 aliphatic heterocycles. The molecule has 0 bridgehead atoms. The van der Waals surface area contributed by atoms with E-state index in [9.17, 15) is 28.9 Å². The number of anilines is 1. The Morgan fingerprint density at radius 1 is 1.03 bits per heavy atom. The number of rotatable bonds is 10. The van der Waals surface area contributed by atoms with Crippen LogP contribution in [0.25, 0.3) is 0 Å². The molecular weight excluding hydrogens is 467 g/mol. The number of benzene rings is 3. The zero-order chi connectivity index (χ0) is 26.4. The molecule has 2 amide bonds. The third kappa shape index (κ3) is 6.09. The maximum atomic E-state index is 13.2. The average molecular weight is 493 g/mol. The minimum absolute atomic E-state index is 0.0480. The Morgan fingerprint density at radius 2 is 1.67 bits per heavy atom. The lowest BCUT2D eigenvalue weighted by molar-refractivity contribution is -0.384. The molecule has 0 fully saturated rings. The van der Waals surface area contributed by atoms with Crippen molar-refractivity contribution in [3.8, 4) is 0 Å². The summed E-state index contributed by atoms with van der Waals surface area (Å²) in [4.78, 5) is 50.6. The van der Waals surface area contributed by atoms with Crippen molar-refractivity contribution in [1.29, 1.82) is 0 Å². The summed E-state index contributed by atoms with van der Waals surface area (Å²) >= 11 is 0. The molecule has 0 spiro atoms. The van der Waals surface area contributed by atoms with Crippen LogP contribution in [-0.2, 0) is 11.2 Å². The minimum atomic E-state index is -0.761. The minimum Gasteiger partial charge on any atom is -0.372 e. The van der Waals surface area contributed by atoms with Gasteiger partial charge in [-0.15, -0.1) is 0 Å². The van der Waals surface area contributed by atoms with Crippen LogP contribution in [0.3, 0.4) is 0 Å².